The molecule has 0 radical (unpaired) electrons. The second-order valence-corrected chi connectivity index (χ2v) is 8.59. The molecule has 0 atom stereocenters. The van der Waals surface area contributed by atoms with Crippen molar-refractivity contribution < 1.29 is 69.9 Å². The van der Waals surface area contributed by atoms with Crippen molar-refractivity contribution in [1.82, 2.24) is 4.67 Å². The van der Waals surface area contributed by atoms with E-state index in [1.807, 2.05) is 0 Å². The van der Waals surface area contributed by atoms with E-state index in [4.69, 9.17) is 0 Å². The minimum atomic E-state index is -11.1. The Morgan fingerprint density at radius 2 is 0.692 bits per heavy atom. The van der Waals surface area contributed by atoms with Crippen LogP contribution in [0.3, 0.4) is 0 Å². The molecular weight excluding hydrogens is 445 g/mol. The van der Waals surface area contributed by atoms with Gasteiger partial charge in [-0.25, -0.2) is 0 Å². The Hall–Kier alpha value is -0.730. The van der Waals surface area contributed by atoms with Crippen LogP contribution in [0.25, 0.3) is 0 Å². The van der Waals surface area contributed by atoms with E-state index in [1.165, 1.54) is 0 Å². The molecule has 0 unspecified atom stereocenters. The fraction of sp³-hybridized carbons (Fsp3) is 1.00. The van der Waals surface area contributed by atoms with Crippen LogP contribution in [0.2, 0.25) is 0 Å². The first-order valence-corrected chi connectivity index (χ1v) is 7.50. The molecule has 0 fully saturated rings. The first kappa shape index (κ1) is 25.3. The molecule has 18 heteroatoms. The molecule has 0 saturated heterocycles. The predicted molar refractivity (Wildman–Crippen MR) is 54.7 cm³/mol. The monoisotopic (exact) mass is 451 g/mol. The molecule has 0 aromatic carbocycles. The molecule has 0 heterocycles. The van der Waals surface area contributed by atoms with Gasteiger partial charge in [0, 0.05) is 0 Å². The van der Waals surface area contributed by atoms with Gasteiger partial charge in [0.2, 0.25) is 0 Å². The average molecular weight is 451 g/mol. The summed E-state index contributed by atoms with van der Waals surface area (Å²) < 4.78 is 203. The van der Waals surface area contributed by atoms with Crippen molar-refractivity contribution in [1.29, 1.82) is 0 Å². The van der Waals surface area contributed by atoms with Crippen molar-refractivity contribution in [2.75, 3.05) is 14.1 Å². The molecular formula is C8H6F16NP. The molecule has 0 rings (SSSR count). The summed E-state index contributed by atoms with van der Waals surface area (Å²) in [6, 6.07) is 0. The van der Waals surface area contributed by atoms with E-state index in [0.29, 0.717) is 0 Å². The van der Waals surface area contributed by atoms with Gasteiger partial charge in [-0.15, -0.1) is 0 Å². The normalized spacial score (nSPS) is 18.0. The van der Waals surface area contributed by atoms with Crippen molar-refractivity contribution in [3.63, 3.8) is 0 Å². The first-order valence-electron chi connectivity index (χ1n) is 5.53. The Bertz CT molecular complexity index is 499. The number of hydrogen-bond donors (Lipinski definition) is 0. The maximum absolute atomic E-state index is 14.1. The Kier molecular flexibility index (Phi) is 5.48. The Balaban J connectivity index is 7.23. The molecule has 160 valence electrons. The average Bonchev–Trinajstić information content (AvgIpc) is 2.34. The third-order valence-corrected chi connectivity index (χ3v) is 7.01. The third kappa shape index (κ3) is 2.55. The van der Waals surface area contributed by atoms with Crippen LogP contribution < -0.4 is 0 Å². The van der Waals surface area contributed by atoms with Crippen molar-refractivity contribution >= 4 is 7.38 Å². The topological polar surface area (TPSA) is 3.24 Å². The third-order valence-electron chi connectivity index (χ3n) is 3.13. The van der Waals surface area contributed by atoms with Gasteiger partial charge >= 0.3 is 132 Å². The van der Waals surface area contributed by atoms with E-state index in [-0.39, 0.29) is 0 Å². The minimum absolute atomic E-state index is 0.765. The molecule has 26 heavy (non-hydrogen) atoms. The van der Waals surface area contributed by atoms with Gasteiger partial charge in [0.1, 0.15) is 0 Å². The molecule has 0 bridgehead atoms. The van der Waals surface area contributed by atoms with Crippen molar-refractivity contribution in [3.05, 3.63) is 0 Å². The molecule has 0 aromatic heterocycles. The van der Waals surface area contributed by atoms with Crippen molar-refractivity contribution in [3.8, 4) is 0 Å². The van der Waals surface area contributed by atoms with Gasteiger partial charge in [-0.3, -0.25) is 0 Å². The molecule has 0 amide bonds. The van der Waals surface area contributed by atoms with Crippen molar-refractivity contribution in [2.45, 2.75) is 35.5 Å². The van der Waals surface area contributed by atoms with Gasteiger partial charge in [-0.05, 0) is 0 Å². The van der Waals surface area contributed by atoms with E-state index >= 15 is 0 Å². The number of halogens is 16. The summed E-state index contributed by atoms with van der Waals surface area (Å²) in [6.07, 6.45) is -15.4. The zero-order valence-electron chi connectivity index (χ0n) is 11.9. The van der Waals surface area contributed by atoms with Crippen LogP contribution >= 0.6 is 7.38 Å². The molecule has 1 nitrogen and oxygen atoms in total. The first-order chi connectivity index (χ1) is 10.8. The van der Waals surface area contributed by atoms with Crippen LogP contribution in [0.15, 0.2) is 0 Å². The number of alkyl halides is 14. The molecule has 0 aromatic rings. The summed E-state index contributed by atoms with van der Waals surface area (Å²) in [5, 5.41) is 0. The fourth-order valence-electron chi connectivity index (χ4n) is 1.50. The Morgan fingerprint density at radius 1 is 0.500 bits per heavy atom. The molecule has 0 saturated carbocycles. The Morgan fingerprint density at radius 3 is 0.808 bits per heavy atom. The van der Waals surface area contributed by atoms with E-state index in [1.54, 1.807) is 0 Å². The molecule has 0 aliphatic heterocycles. The summed E-state index contributed by atoms with van der Waals surface area (Å²) in [5.41, 5.74) is -16.7. The van der Waals surface area contributed by atoms with Gasteiger partial charge < -0.3 is 0 Å². The number of nitrogens with zero attached hydrogens (tertiary/aromatic N) is 1. The van der Waals surface area contributed by atoms with Gasteiger partial charge in [0.25, 0.3) is 0 Å². The van der Waals surface area contributed by atoms with Crippen LogP contribution in [0, 0.1) is 0 Å². The summed E-state index contributed by atoms with van der Waals surface area (Å²) in [6.45, 7) is 0. The van der Waals surface area contributed by atoms with E-state index in [0.717, 1.165) is 0 Å². The fourth-order valence-corrected chi connectivity index (χ4v) is 4.07. The van der Waals surface area contributed by atoms with Crippen molar-refractivity contribution in [2.24, 2.45) is 0 Å². The van der Waals surface area contributed by atoms with E-state index in [2.05, 4.69) is 0 Å². The van der Waals surface area contributed by atoms with Gasteiger partial charge in [-0.2, -0.15) is 0 Å². The quantitative estimate of drug-likeness (QED) is 0.347. The Labute approximate surface area is 133 Å². The van der Waals surface area contributed by atoms with Crippen LogP contribution in [0.5, 0.6) is 0 Å². The van der Waals surface area contributed by atoms with E-state index < -0.39 is 61.7 Å². The summed E-state index contributed by atoms with van der Waals surface area (Å²) in [4.78, 5) is 0. The second-order valence-electron chi connectivity index (χ2n) is 4.94. The predicted octanol–water partition coefficient (Wildman–Crippen LogP) is 6.37. The molecule has 0 N–H and O–H groups in total. The van der Waals surface area contributed by atoms with Crippen LogP contribution in [0.4, 0.5) is 69.9 Å². The van der Waals surface area contributed by atoms with Gasteiger partial charge in [-0.1, -0.05) is 0 Å². The number of hydrogen-bond acceptors (Lipinski definition) is 1. The van der Waals surface area contributed by atoms with Crippen LogP contribution in [0.1, 0.15) is 0 Å². The maximum atomic E-state index is 14.1. The van der Waals surface area contributed by atoms with Gasteiger partial charge in [0.05, 0.1) is 0 Å². The van der Waals surface area contributed by atoms with E-state index in [9.17, 15) is 69.9 Å². The SMILES string of the molecule is CN(C)P(F)(F)(C(F)(F)C(F)(F)C(F)(F)F)C(F)(F)C(F)(F)C(F)(F)F. The zero-order chi connectivity index (χ0) is 22.0. The van der Waals surface area contributed by atoms with Gasteiger partial charge in [0.15, 0.2) is 0 Å². The molecule has 0 aliphatic rings. The van der Waals surface area contributed by atoms with Crippen LogP contribution in [-0.2, 0) is 0 Å². The van der Waals surface area contributed by atoms with Crippen LogP contribution in [-0.4, -0.2) is 54.3 Å². The standard InChI is InChI=1S/C8H6F16NP/c1-25(2)26(23,24,7(19,20)3(9,10)5(13,14)15)8(21,22)4(11,12)6(16,17)18/h1-2H3. The molecule has 0 spiro atoms. The number of rotatable bonds is 5. The summed E-state index contributed by atoms with van der Waals surface area (Å²) >= 11 is 0. The summed E-state index contributed by atoms with van der Waals surface area (Å²) in [7, 11) is -12.6. The summed E-state index contributed by atoms with van der Waals surface area (Å²) in [5.74, 6) is -16.2. The molecule has 0 aliphatic carbocycles. The zero-order valence-corrected chi connectivity index (χ0v) is 12.8. The second kappa shape index (κ2) is 5.64.